The third-order valence-electron chi connectivity index (χ3n) is 7.95. The Kier molecular flexibility index (Phi) is 7.10. The first-order chi connectivity index (χ1) is 21.0. The number of phenols is 1. The first-order valence-electron chi connectivity index (χ1n) is 14.0. The lowest BCUT2D eigenvalue weighted by atomic mass is 10.0. The van der Waals surface area contributed by atoms with Crippen molar-refractivity contribution in [3.05, 3.63) is 82.2 Å². The molecule has 1 saturated heterocycles. The van der Waals surface area contributed by atoms with Crippen LogP contribution in [-0.2, 0) is 9.53 Å². The Morgan fingerprint density at radius 3 is 2.64 bits per heavy atom. The summed E-state index contributed by atoms with van der Waals surface area (Å²) in [4.78, 5) is 56.4. The molecule has 2 aliphatic rings. The van der Waals surface area contributed by atoms with Crippen LogP contribution in [0, 0.1) is 18.6 Å². The summed E-state index contributed by atoms with van der Waals surface area (Å²) in [5, 5.41) is 10.5. The molecule has 1 fully saturated rings. The molecular formula is C31H28F2N6O5. The van der Waals surface area contributed by atoms with Crippen LogP contribution in [0.3, 0.4) is 0 Å². The van der Waals surface area contributed by atoms with Gasteiger partial charge in [0, 0.05) is 25.8 Å². The molecule has 13 heteroatoms. The van der Waals surface area contributed by atoms with E-state index in [4.69, 9.17) is 4.74 Å². The van der Waals surface area contributed by atoms with Gasteiger partial charge in [-0.05, 0) is 42.7 Å². The lowest BCUT2D eigenvalue weighted by molar-refractivity contribution is -0.126. The average Bonchev–Trinajstić information content (AvgIpc) is 2.99. The molecule has 226 valence electrons. The Hall–Kier alpha value is -5.20. The monoisotopic (exact) mass is 602 g/mol. The van der Waals surface area contributed by atoms with Crippen molar-refractivity contribution in [2.45, 2.75) is 32.7 Å². The van der Waals surface area contributed by atoms with Gasteiger partial charge in [0.25, 0.3) is 0 Å². The Morgan fingerprint density at radius 2 is 1.93 bits per heavy atom. The Bertz CT molecular complexity index is 1920. The number of aromatic nitrogens is 4. The minimum absolute atomic E-state index is 0.0213. The van der Waals surface area contributed by atoms with Gasteiger partial charge in [-0.1, -0.05) is 26.5 Å². The third-order valence-corrected chi connectivity index (χ3v) is 7.95. The highest BCUT2D eigenvalue weighted by atomic mass is 19.1. The van der Waals surface area contributed by atoms with Crippen LogP contribution >= 0.6 is 0 Å². The normalized spacial score (nSPS) is 16.4. The number of aromatic hydroxyl groups is 1. The number of carbonyl (C=O) groups is 2. The van der Waals surface area contributed by atoms with Crippen molar-refractivity contribution in [2.24, 2.45) is 0 Å². The lowest BCUT2D eigenvalue weighted by Crippen LogP contribution is -2.57. The zero-order valence-electron chi connectivity index (χ0n) is 24.2. The maximum Gasteiger partial charge on any atom is 0.357 e. The fraction of sp³-hybridized carbons (Fsp3) is 0.290. The molecule has 11 nitrogen and oxygen atoms in total. The highest BCUT2D eigenvalue weighted by Gasteiger charge is 2.38. The number of aryl methyl sites for hydroxylation is 1. The minimum Gasteiger partial charge on any atom is -0.507 e. The average molecular weight is 603 g/mol. The summed E-state index contributed by atoms with van der Waals surface area (Å²) < 4.78 is 38.8. The number of ether oxygens (including phenoxy) is 1. The number of hydrogen-bond donors (Lipinski definition) is 1. The van der Waals surface area contributed by atoms with Crippen molar-refractivity contribution in [3.8, 4) is 22.7 Å². The van der Waals surface area contributed by atoms with Crippen LogP contribution in [0.1, 0.15) is 41.5 Å². The number of anilines is 1. The summed E-state index contributed by atoms with van der Waals surface area (Å²) in [6.07, 6.45) is 2.75. The molecular weight excluding hydrogens is 574 g/mol. The maximum absolute atomic E-state index is 17.0. The predicted octanol–water partition coefficient (Wildman–Crippen LogP) is 3.63. The lowest BCUT2D eigenvalue weighted by Gasteiger charge is -2.42. The second kappa shape index (κ2) is 10.8. The molecule has 0 bridgehead atoms. The zero-order chi connectivity index (χ0) is 31.4. The molecule has 2 aliphatic heterocycles. The molecule has 4 aromatic rings. The van der Waals surface area contributed by atoms with Crippen LogP contribution in [-0.4, -0.2) is 73.7 Å². The van der Waals surface area contributed by atoms with Gasteiger partial charge in [0.05, 0.1) is 28.4 Å². The predicted molar refractivity (Wildman–Crippen MR) is 157 cm³/mol. The van der Waals surface area contributed by atoms with Gasteiger partial charge in [0.1, 0.15) is 35.2 Å². The molecule has 0 aliphatic carbocycles. The number of nitrogens with zero attached hydrogens (tertiary/aromatic N) is 6. The van der Waals surface area contributed by atoms with Crippen molar-refractivity contribution in [2.75, 3.05) is 31.1 Å². The number of hydrogen-bond acceptors (Lipinski definition) is 9. The highest BCUT2D eigenvalue weighted by Crippen LogP contribution is 2.40. The zero-order valence-corrected chi connectivity index (χ0v) is 24.2. The third kappa shape index (κ3) is 4.46. The summed E-state index contributed by atoms with van der Waals surface area (Å²) in [5.74, 6) is -4.29. The Morgan fingerprint density at radius 1 is 1.16 bits per heavy atom. The molecule has 0 spiro atoms. The van der Waals surface area contributed by atoms with Gasteiger partial charge in [-0.15, -0.1) is 0 Å². The molecule has 1 aromatic carbocycles. The van der Waals surface area contributed by atoms with E-state index in [0.717, 1.165) is 16.7 Å². The van der Waals surface area contributed by atoms with Gasteiger partial charge in [-0.25, -0.2) is 23.4 Å². The molecule has 0 saturated carbocycles. The second-order valence-electron chi connectivity index (χ2n) is 11.0. The van der Waals surface area contributed by atoms with E-state index in [0.29, 0.717) is 11.3 Å². The van der Waals surface area contributed by atoms with Crippen molar-refractivity contribution in [1.29, 1.82) is 0 Å². The van der Waals surface area contributed by atoms with E-state index in [-0.39, 0.29) is 55.0 Å². The number of halogens is 2. The number of esters is 1. The van der Waals surface area contributed by atoms with Crippen LogP contribution in [0.5, 0.6) is 5.75 Å². The van der Waals surface area contributed by atoms with E-state index in [1.165, 1.54) is 17.0 Å². The van der Waals surface area contributed by atoms with E-state index >= 15 is 8.78 Å². The minimum atomic E-state index is -1.16. The van der Waals surface area contributed by atoms with E-state index in [1.54, 1.807) is 24.1 Å². The van der Waals surface area contributed by atoms with Gasteiger partial charge in [-0.2, -0.15) is 4.98 Å². The summed E-state index contributed by atoms with van der Waals surface area (Å²) in [6.45, 7) is 9.29. The van der Waals surface area contributed by atoms with Crippen LogP contribution in [0.15, 0.2) is 47.9 Å². The standard InChI is InChI=1S/C31H28F2N6O5/c1-5-20(41)37-11-12-38-17(13-37)14-44-30(42)26-22-28(23(33)25(35-26)21-18(32)7-6-8-19(21)40)39(31(43)36-29(22)38)27-16(4)9-10-34-24(27)15(2)3/h5-10,15,17,40H,1,11-14H2,2-4H3. The van der Waals surface area contributed by atoms with E-state index in [2.05, 4.69) is 21.5 Å². The summed E-state index contributed by atoms with van der Waals surface area (Å²) in [7, 11) is 0. The number of amides is 1. The first kappa shape index (κ1) is 28.9. The molecule has 6 rings (SSSR count). The molecule has 0 radical (unpaired) electrons. The van der Waals surface area contributed by atoms with Gasteiger partial charge in [0.2, 0.25) is 5.91 Å². The van der Waals surface area contributed by atoms with Crippen molar-refractivity contribution >= 4 is 28.6 Å². The number of phenolic OH excluding ortho intramolecular Hbond substituents is 1. The van der Waals surface area contributed by atoms with Crippen LogP contribution in [0.2, 0.25) is 0 Å². The highest BCUT2D eigenvalue weighted by molar-refractivity contribution is 6.08. The number of fused-ring (bicyclic) bond motifs is 2. The van der Waals surface area contributed by atoms with Crippen molar-refractivity contribution < 1.29 is 28.2 Å². The number of carbonyl (C=O) groups excluding carboxylic acids is 2. The number of cyclic esters (lactones) is 1. The topological polar surface area (TPSA) is 131 Å². The second-order valence-corrected chi connectivity index (χ2v) is 11.0. The maximum atomic E-state index is 17.0. The van der Waals surface area contributed by atoms with Crippen molar-refractivity contribution in [3.63, 3.8) is 0 Å². The fourth-order valence-corrected chi connectivity index (χ4v) is 5.87. The van der Waals surface area contributed by atoms with Gasteiger partial charge >= 0.3 is 11.7 Å². The van der Waals surface area contributed by atoms with E-state index in [1.807, 2.05) is 13.8 Å². The largest absolute Gasteiger partial charge is 0.507 e. The van der Waals surface area contributed by atoms with Gasteiger partial charge in [0.15, 0.2) is 11.5 Å². The smallest absolute Gasteiger partial charge is 0.357 e. The SMILES string of the molecule is C=CC(=O)N1CCN2c3nc(=O)n(-c4c(C)ccnc4C(C)C)c4c(F)c(-c5c(O)cccc5F)nc(c34)C(=O)OCC2C1. The molecule has 1 N–H and O–H groups in total. The van der Waals surface area contributed by atoms with Crippen LogP contribution in [0.25, 0.3) is 27.8 Å². The number of pyridine rings is 2. The van der Waals surface area contributed by atoms with Crippen LogP contribution < -0.4 is 10.6 Å². The van der Waals surface area contributed by atoms with E-state index in [9.17, 15) is 19.5 Å². The molecule has 44 heavy (non-hydrogen) atoms. The number of rotatable bonds is 4. The summed E-state index contributed by atoms with van der Waals surface area (Å²) in [5.41, 5.74) is -1.68. The van der Waals surface area contributed by atoms with E-state index < -0.39 is 57.6 Å². The summed E-state index contributed by atoms with van der Waals surface area (Å²) >= 11 is 0. The molecule has 5 heterocycles. The molecule has 3 aromatic heterocycles. The summed E-state index contributed by atoms with van der Waals surface area (Å²) in [6, 6.07) is 4.44. The molecule has 1 atom stereocenters. The number of benzene rings is 1. The Labute approximate surface area is 250 Å². The first-order valence-corrected chi connectivity index (χ1v) is 14.0. The molecule has 1 unspecified atom stereocenters. The van der Waals surface area contributed by atoms with Crippen LogP contribution in [0.4, 0.5) is 14.6 Å². The van der Waals surface area contributed by atoms with Crippen molar-refractivity contribution in [1.82, 2.24) is 24.4 Å². The molecule has 1 amide bonds. The van der Waals surface area contributed by atoms with Gasteiger partial charge in [-0.3, -0.25) is 14.3 Å². The fourth-order valence-electron chi connectivity index (χ4n) is 5.87. The Balaban J connectivity index is 1.77. The quantitative estimate of drug-likeness (QED) is 0.275. The van der Waals surface area contributed by atoms with Gasteiger partial charge < -0.3 is 19.6 Å². The number of piperazine rings is 1.